The van der Waals surface area contributed by atoms with Crippen LogP contribution in [-0.4, -0.2) is 28.7 Å². The van der Waals surface area contributed by atoms with Gasteiger partial charge in [-0.3, -0.25) is 5.10 Å². The number of ether oxygens (including phenoxy) is 1. The number of hydrogen-bond acceptors (Lipinski definition) is 3. The van der Waals surface area contributed by atoms with E-state index in [4.69, 9.17) is 4.74 Å². The van der Waals surface area contributed by atoms with Crippen LogP contribution in [0.4, 0.5) is 4.39 Å². The number of benzene rings is 2. The maximum atomic E-state index is 13.5. The highest BCUT2D eigenvalue weighted by Gasteiger charge is 2.23. The van der Waals surface area contributed by atoms with Crippen LogP contribution >= 0.6 is 0 Å². The maximum absolute atomic E-state index is 13.5. The van der Waals surface area contributed by atoms with Crippen molar-refractivity contribution in [1.29, 1.82) is 0 Å². The summed E-state index contributed by atoms with van der Waals surface area (Å²) in [6.07, 6.45) is 4.50. The maximum Gasteiger partial charge on any atom is 0.126 e. The van der Waals surface area contributed by atoms with Crippen molar-refractivity contribution >= 4 is 0 Å². The van der Waals surface area contributed by atoms with Crippen LogP contribution in [-0.2, 0) is 6.54 Å². The molecule has 1 N–H and O–H groups in total. The molecule has 0 radical (unpaired) electrons. The Hall–Kier alpha value is -2.66. The molecule has 0 amide bonds. The quantitative estimate of drug-likeness (QED) is 0.780. The summed E-state index contributed by atoms with van der Waals surface area (Å²) >= 11 is 0. The van der Waals surface area contributed by atoms with Crippen LogP contribution in [0, 0.1) is 5.82 Å². The molecule has 0 fully saturated rings. The summed E-state index contributed by atoms with van der Waals surface area (Å²) in [5.74, 6) is 0.290. The van der Waals surface area contributed by atoms with Gasteiger partial charge in [0.2, 0.25) is 0 Å². The minimum atomic E-state index is -0.279. The van der Waals surface area contributed by atoms with Gasteiger partial charge in [0.25, 0.3) is 0 Å². The summed E-state index contributed by atoms with van der Waals surface area (Å²) in [5.41, 5.74) is 4.60. The molecule has 1 aromatic heterocycles. The molecule has 0 bridgehead atoms. The Morgan fingerprint density at radius 1 is 1.20 bits per heavy atom. The van der Waals surface area contributed by atoms with Crippen LogP contribution in [0.15, 0.2) is 54.9 Å². The average molecular weight is 337 g/mol. The van der Waals surface area contributed by atoms with E-state index in [1.54, 1.807) is 12.1 Å². The minimum Gasteiger partial charge on any atom is -0.486 e. The van der Waals surface area contributed by atoms with Gasteiger partial charge in [-0.25, -0.2) is 4.39 Å². The Kier molecular flexibility index (Phi) is 4.24. The Balaban J connectivity index is 1.68. The first kappa shape index (κ1) is 15.8. The first-order valence-electron chi connectivity index (χ1n) is 8.42. The molecular weight excluding hydrogens is 317 g/mol. The van der Waals surface area contributed by atoms with Crippen LogP contribution in [0.5, 0.6) is 5.75 Å². The van der Waals surface area contributed by atoms with E-state index in [1.165, 1.54) is 23.3 Å². The first-order valence-corrected chi connectivity index (χ1v) is 8.42. The summed E-state index contributed by atoms with van der Waals surface area (Å²) in [6.45, 7) is 1.79. The van der Waals surface area contributed by atoms with Crippen molar-refractivity contribution in [2.24, 2.45) is 0 Å². The Morgan fingerprint density at radius 3 is 2.92 bits per heavy atom. The van der Waals surface area contributed by atoms with Crippen molar-refractivity contribution in [1.82, 2.24) is 15.1 Å². The number of aromatic nitrogens is 2. The highest BCUT2D eigenvalue weighted by molar-refractivity contribution is 5.63. The summed E-state index contributed by atoms with van der Waals surface area (Å²) < 4.78 is 19.6. The summed E-state index contributed by atoms with van der Waals surface area (Å²) in [6, 6.07) is 12.8. The van der Waals surface area contributed by atoms with Gasteiger partial charge in [-0.05, 0) is 41.9 Å². The molecule has 3 aromatic rings. The number of nitrogens with one attached hydrogen (secondary N) is 1. The van der Waals surface area contributed by atoms with Gasteiger partial charge in [-0.1, -0.05) is 18.2 Å². The summed E-state index contributed by atoms with van der Waals surface area (Å²) in [7, 11) is 2.11. The van der Waals surface area contributed by atoms with Gasteiger partial charge in [0.05, 0.1) is 6.20 Å². The second-order valence-electron chi connectivity index (χ2n) is 6.49. The molecule has 1 aliphatic rings. The molecule has 25 heavy (non-hydrogen) atoms. The molecule has 1 aliphatic heterocycles. The fourth-order valence-electron chi connectivity index (χ4n) is 3.34. The van der Waals surface area contributed by atoms with E-state index in [0.29, 0.717) is 5.75 Å². The number of rotatable bonds is 3. The van der Waals surface area contributed by atoms with E-state index < -0.39 is 0 Å². The largest absolute Gasteiger partial charge is 0.486 e. The molecule has 1 unspecified atom stereocenters. The highest BCUT2D eigenvalue weighted by Crippen LogP contribution is 2.33. The molecule has 0 spiro atoms. The van der Waals surface area contributed by atoms with Crippen LogP contribution in [0.1, 0.15) is 23.7 Å². The average Bonchev–Trinajstić information content (AvgIpc) is 3.08. The normalized spacial score (nSPS) is 17.8. The predicted octanol–water partition coefficient (Wildman–Crippen LogP) is 4.17. The second kappa shape index (κ2) is 6.69. The van der Waals surface area contributed by atoms with Gasteiger partial charge in [-0.15, -0.1) is 0 Å². The lowest BCUT2D eigenvalue weighted by atomic mass is 9.97. The molecule has 2 aromatic carbocycles. The second-order valence-corrected chi connectivity index (χ2v) is 6.49. The molecule has 128 valence electrons. The SMILES string of the molecule is CN1CCC(Oc2cccc(F)c2)c2ccc(-c3cn[nH]c3)cc2C1. The van der Waals surface area contributed by atoms with E-state index in [-0.39, 0.29) is 11.9 Å². The zero-order valence-electron chi connectivity index (χ0n) is 14.1. The zero-order chi connectivity index (χ0) is 17.2. The Labute approximate surface area is 146 Å². The van der Waals surface area contributed by atoms with E-state index in [9.17, 15) is 4.39 Å². The molecule has 2 heterocycles. The van der Waals surface area contributed by atoms with Crippen LogP contribution in [0.3, 0.4) is 0 Å². The molecule has 5 heteroatoms. The van der Waals surface area contributed by atoms with Crippen molar-refractivity contribution in [3.63, 3.8) is 0 Å². The third kappa shape index (κ3) is 3.42. The molecule has 4 nitrogen and oxygen atoms in total. The molecule has 1 atom stereocenters. The number of aromatic amines is 1. The highest BCUT2D eigenvalue weighted by atomic mass is 19.1. The smallest absolute Gasteiger partial charge is 0.126 e. The monoisotopic (exact) mass is 337 g/mol. The van der Waals surface area contributed by atoms with Gasteiger partial charge < -0.3 is 9.64 Å². The van der Waals surface area contributed by atoms with Gasteiger partial charge in [0.1, 0.15) is 17.7 Å². The van der Waals surface area contributed by atoms with Crippen LogP contribution in [0.2, 0.25) is 0 Å². The standard InChI is InChI=1S/C20H20FN3O/c1-24-8-7-20(25-18-4-2-3-17(21)10-18)19-6-5-14(9-15(19)13-24)16-11-22-23-12-16/h2-6,9-12,20H,7-8,13H2,1H3,(H,22,23). The van der Waals surface area contributed by atoms with Gasteiger partial charge in [-0.2, -0.15) is 5.10 Å². The fourth-order valence-corrected chi connectivity index (χ4v) is 3.34. The van der Waals surface area contributed by atoms with E-state index in [1.807, 2.05) is 12.4 Å². The molecule has 0 aliphatic carbocycles. The Morgan fingerprint density at radius 2 is 2.12 bits per heavy atom. The molecule has 4 rings (SSSR count). The molecule has 0 saturated heterocycles. The van der Waals surface area contributed by atoms with E-state index in [2.05, 4.69) is 40.3 Å². The van der Waals surface area contributed by atoms with Crippen LogP contribution < -0.4 is 4.74 Å². The lowest BCUT2D eigenvalue weighted by Gasteiger charge is -2.20. The lowest BCUT2D eigenvalue weighted by Crippen LogP contribution is -2.18. The van der Waals surface area contributed by atoms with E-state index >= 15 is 0 Å². The van der Waals surface area contributed by atoms with Gasteiger partial charge in [0.15, 0.2) is 0 Å². The number of halogens is 1. The predicted molar refractivity (Wildman–Crippen MR) is 94.7 cm³/mol. The third-order valence-corrected chi connectivity index (χ3v) is 4.61. The van der Waals surface area contributed by atoms with Crippen LogP contribution in [0.25, 0.3) is 11.1 Å². The zero-order valence-corrected chi connectivity index (χ0v) is 14.1. The summed E-state index contributed by atoms with van der Waals surface area (Å²) in [5, 5.41) is 6.88. The topological polar surface area (TPSA) is 41.1 Å². The lowest BCUT2D eigenvalue weighted by molar-refractivity contribution is 0.182. The van der Waals surface area contributed by atoms with Crippen molar-refractivity contribution in [2.75, 3.05) is 13.6 Å². The van der Waals surface area contributed by atoms with Crippen molar-refractivity contribution in [2.45, 2.75) is 19.1 Å². The van der Waals surface area contributed by atoms with Crippen molar-refractivity contribution in [3.05, 3.63) is 71.8 Å². The Bertz CT molecular complexity index is 863. The molecule has 0 saturated carbocycles. The number of nitrogens with zero attached hydrogens (tertiary/aromatic N) is 2. The summed E-state index contributed by atoms with van der Waals surface area (Å²) in [4.78, 5) is 2.28. The fraction of sp³-hybridized carbons (Fsp3) is 0.250. The molecular formula is C20H20FN3O. The first-order chi connectivity index (χ1) is 12.2. The number of fused-ring (bicyclic) bond motifs is 1. The third-order valence-electron chi connectivity index (χ3n) is 4.61. The van der Waals surface area contributed by atoms with Gasteiger partial charge >= 0.3 is 0 Å². The number of H-pyrrole nitrogens is 1. The number of hydrogen-bond donors (Lipinski definition) is 1. The minimum absolute atomic E-state index is 0.0832. The van der Waals surface area contributed by atoms with E-state index in [0.717, 1.165) is 30.6 Å². The van der Waals surface area contributed by atoms with Crippen molar-refractivity contribution < 1.29 is 9.13 Å². The van der Waals surface area contributed by atoms with Crippen molar-refractivity contribution in [3.8, 4) is 16.9 Å². The van der Waals surface area contributed by atoms with Gasteiger partial charge in [0, 0.05) is 37.3 Å².